The van der Waals surface area contributed by atoms with Crippen molar-refractivity contribution in [3.05, 3.63) is 53.3 Å². The lowest BCUT2D eigenvalue weighted by Gasteiger charge is -2.32. The minimum Gasteiger partial charge on any atom is -0.373 e. The largest absolute Gasteiger partial charge is 0.373 e. The molecule has 156 valence electrons. The minimum atomic E-state index is -0.00863. The minimum absolute atomic E-state index is 0.00863. The summed E-state index contributed by atoms with van der Waals surface area (Å²) >= 11 is 0. The second kappa shape index (κ2) is 8.61. The van der Waals surface area contributed by atoms with Gasteiger partial charge in [0.1, 0.15) is 17.1 Å². The topological polar surface area (TPSA) is 97.0 Å². The lowest BCUT2D eigenvalue weighted by atomic mass is 9.93. The molecule has 30 heavy (non-hydrogen) atoms. The highest BCUT2D eigenvalue weighted by Crippen LogP contribution is 2.30. The van der Waals surface area contributed by atoms with E-state index in [0.717, 1.165) is 42.2 Å². The molecule has 1 aliphatic heterocycles. The molecular formula is C22H26N6O2. The van der Waals surface area contributed by atoms with Gasteiger partial charge in [0.2, 0.25) is 0 Å². The Labute approximate surface area is 175 Å². The van der Waals surface area contributed by atoms with Crippen molar-refractivity contribution < 1.29 is 9.32 Å². The Morgan fingerprint density at radius 3 is 2.97 bits per heavy atom. The van der Waals surface area contributed by atoms with E-state index >= 15 is 0 Å². The molecule has 1 N–H and O–H groups in total. The van der Waals surface area contributed by atoms with Gasteiger partial charge in [-0.05, 0) is 38.3 Å². The summed E-state index contributed by atoms with van der Waals surface area (Å²) in [5.74, 6) is 2.10. The Morgan fingerprint density at radius 2 is 2.23 bits per heavy atom. The standard InChI is InChI=1S/C22H26N6O2/c1-4-17-20(14(2)30-27-17)22(29)28-10-6-8-16(13-28)18-11-19(23-3)26-21(25-18)15-7-5-9-24-12-15/h5,7,9,11-12,16H,4,6,8,10,13H2,1-3H3,(H,23,25,26). The smallest absolute Gasteiger partial charge is 0.259 e. The van der Waals surface area contributed by atoms with E-state index in [9.17, 15) is 4.79 Å². The van der Waals surface area contributed by atoms with Crippen LogP contribution in [0.1, 0.15) is 53.2 Å². The molecule has 8 nitrogen and oxygen atoms in total. The maximum atomic E-state index is 13.2. The zero-order valence-corrected chi connectivity index (χ0v) is 17.6. The molecule has 1 atom stereocenters. The molecule has 1 saturated heterocycles. The zero-order valence-electron chi connectivity index (χ0n) is 17.6. The van der Waals surface area contributed by atoms with Crippen LogP contribution in [0.5, 0.6) is 0 Å². The number of hydrogen-bond acceptors (Lipinski definition) is 7. The molecule has 1 amide bonds. The van der Waals surface area contributed by atoms with E-state index in [0.29, 0.717) is 30.1 Å². The number of aromatic nitrogens is 4. The van der Waals surface area contributed by atoms with E-state index in [-0.39, 0.29) is 11.8 Å². The Balaban J connectivity index is 1.62. The van der Waals surface area contributed by atoms with E-state index < -0.39 is 0 Å². The van der Waals surface area contributed by atoms with Crippen molar-refractivity contribution in [3.8, 4) is 11.4 Å². The number of nitrogens with one attached hydrogen (secondary N) is 1. The third-order valence-corrected chi connectivity index (χ3v) is 5.53. The second-order valence-corrected chi connectivity index (χ2v) is 7.50. The average Bonchev–Trinajstić information content (AvgIpc) is 3.19. The van der Waals surface area contributed by atoms with Gasteiger partial charge < -0.3 is 14.7 Å². The maximum Gasteiger partial charge on any atom is 0.259 e. The van der Waals surface area contributed by atoms with Crippen LogP contribution in [-0.2, 0) is 6.42 Å². The van der Waals surface area contributed by atoms with Crippen LogP contribution in [0.2, 0.25) is 0 Å². The fraction of sp³-hybridized carbons (Fsp3) is 0.409. The third kappa shape index (κ3) is 3.90. The molecule has 3 aromatic heterocycles. The predicted molar refractivity (Wildman–Crippen MR) is 113 cm³/mol. The van der Waals surface area contributed by atoms with Crippen molar-refractivity contribution in [1.82, 2.24) is 25.0 Å². The molecule has 1 fully saturated rings. The molecular weight excluding hydrogens is 380 g/mol. The highest BCUT2D eigenvalue weighted by molar-refractivity contribution is 5.96. The van der Waals surface area contributed by atoms with Crippen LogP contribution < -0.4 is 5.32 Å². The monoisotopic (exact) mass is 406 g/mol. The summed E-state index contributed by atoms with van der Waals surface area (Å²) in [6.45, 7) is 5.11. The van der Waals surface area contributed by atoms with Crippen LogP contribution in [0.15, 0.2) is 35.1 Å². The van der Waals surface area contributed by atoms with Crippen molar-refractivity contribution in [2.75, 3.05) is 25.5 Å². The highest BCUT2D eigenvalue weighted by Gasteiger charge is 2.30. The number of carbonyl (C=O) groups is 1. The summed E-state index contributed by atoms with van der Waals surface area (Å²) in [7, 11) is 1.84. The molecule has 4 rings (SSSR count). The van der Waals surface area contributed by atoms with Crippen LogP contribution in [0, 0.1) is 6.92 Å². The van der Waals surface area contributed by atoms with Gasteiger partial charge in [0.15, 0.2) is 5.82 Å². The molecule has 1 aliphatic rings. The molecule has 0 aromatic carbocycles. The zero-order chi connectivity index (χ0) is 21.1. The molecule has 0 spiro atoms. The van der Waals surface area contributed by atoms with Gasteiger partial charge in [-0.2, -0.15) is 0 Å². The molecule has 0 saturated carbocycles. The number of hydrogen-bond donors (Lipinski definition) is 1. The van der Waals surface area contributed by atoms with Crippen LogP contribution >= 0.6 is 0 Å². The number of rotatable bonds is 5. The number of piperidine rings is 1. The molecule has 1 unspecified atom stereocenters. The Bertz CT molecular complexity index is 1030. The summed E-state index contributed by atoms with van der Waals surface area (Å²) in [6, 6.07) is 5.79. The number of aryl methyl sites for hydroxylation is 2. The van der Waals surface area contributed by atoms with Gasteiger partial charge in [-0.15, -0.1) is 0 Å². The number of anilines is 1. The highest BCUT2D eigenvalue weighted by atomic mass is 16.5. The molecule has 0 radical (unpaired) electrons. The first-order chi connectivity index (χ1) is 14.6. The first-order valence-corrected chi connectivity index (χ1v) is 10.3. The summed E-state index contributed by atoms with van der Waals surface area (Å²) in [5.41, 5.74) is 3.13. The number of amides is 1. The van der Waals surface area contributed by atoms with Gasteiger partial charge in [0, 0.05) is 50.1 Å². The van der Waals surface area contributed by atoms with E-state index in [1.54, 1.807) is 19.3 Å². The summed E-state index contributed by atoms with van der Waals surface area (Å²) < 4.78 is 5.27. The van der Waals surface area contributed by atoms with Gasteiger partial charge in [-0.1, -0.05) is 12.1 Å². The van der Waals surface area contributed by atoms with Gasteiger partial charge >= 0.3 is 0 Å². The molecule has 0 aliphatic carbocycles. The van der Waals surface area contributed by atoms with Gasteiger partial charge in [-0.25, -0.2) is 9.97 Å². The number of nitrogens with zero attached hydrogens (tertiary/aromatic N) is 5. The van der Waals surface area contributed by atoms with Crippen molar-refractivity contribution in [3.63, 3.8) is 0 Å². The van der Waals surface area contributed by atoms with Crippen molar-refractivity contribution >= 4 is 11.7 Å². The van der Waals surface area contributed by atoms with E-state index in [1.165, 1.54) is 0 Å². The number of likely N-dealkylation sites (tertiary alicyclic amines) is 1. The summed E-state index contributed by atoms with van der Waals surface area (Å²) in [4.78, 5) is 28.7. The summed E-state index contributed by atoms with van der Waals surface area (Å²) in [5, 5.41) is 7.16. The van der Waals surface area contributed by atoms with E-state index in [2.05, 4.69) is 20.4 Å². The Morgan fingerprint density at radius 1 is 1.37 bits per heavy atom. The Kier molecular flexibility index (Phi) is 5.74. The fourth-order valence-electron chi connectivity index (χ4n) is 3.92. The van der Waals surface area contributed by atoms with Crippen LogP contribution in [-0.4, -0.2) is 51.1 Å². The molecule has 8 heteroatoms. The van der Waals surface area contributed by atoms with Gasteiger partial charge in [0.25, 0.3) is 5.91 Å². The lowest BCUT2D eigenvalue weighted by molar-refractivity contribution is 0.0703. The Hall–Kier alpha value is -3.29. The average molecular weight is 406 g/mol. The van der Waals surface area contributed by atoms with Crippen LogP contribution in [0.4, 0.5) is 5.82 Å². The SMILES string of the molecule is CCc1noc(C)c1C(=O)N1CCCC(c2cc(NC)nc(-c3cccnc3)n2)C1. The molecule has 3 aromatic rings. The lowest BCUT2D eigenvalue weighted by Crippen LogP contribution is -2.39. The first-order valence-electron chi connectivity index (χ1n) is 10.3. The molecule has 0 bridgehead atoms. The normalized spacial score (nSPS) is 16.5. The van der Waals surface area contributed by atoms with Crippen LogP contribution in [0.25, 0.3) is 11.4 Å². The van der Waals surface area contributed by atoms with Gasteiger partial charge in [-0.3, -0.25) is 9.78 Å². The molecule has 4 heterocycles. The third-order valence-electron chi connectivity index (χ3n) is 5.53. The second-order valence-electron chi connectivity index (χ2n) is 7.50. The predicted octanol–water partition coefficient (Wildman–Crippen LogP) is 3.46. The van der Waals surface area contributed by atoms with E-state index in [1.807, 2.05) is 37.1 Å². The summed E-state index contributed by atoms with van der Waals surface area (Å²) in [6.07, 6.45) is 6.05. The van der Waals surface area contributed by atoms with Crippen molar-refractivity contribution in [2.45, 2.75) is 39.0 Å². The van der Waals surface area contributed by atoms with Crippen molar-refractivity contribution in [1.29, 1.82) is 0 Å². The quantitative estimate of drug-likeness (QED) is 0.693. The van der Waals surface area contributed by atoms with Gasteiger partial charge in [0.05, 0.1) is 11.4 Å². The van der Waals surface area contributed by atoms with Crippen LogP contribution in [0.3, 0.4) is 0 Å². The van der Waals surface area contributed by atoms with Crippen molar-refractivity contribution in [2.24, 2.45) is 0 Å². The fourth-order valence-corrected chi connectivity index (χ4v) is 3.92. The number of carbonyl (C=O) groups excluding carboxylic acids is 1. The van der Waals surface area contributed by atoms with E-state index in [4.69, 9.17) is 9.51 Å². The first kappa shape index (κ1) is 20.0. The maximum absolute atomic E-state index is 13.2. The number of pyridine rings is 1.